The van der Waals surface area contributed by atoms with Gasteiger partial charge in [-0.2, -0.15) is 0 Å². The Hall–Kier alpha value is -3.94. The van der Waals surface area contributed by atoms with Crippen LogP contribution < -0.4 is 5.32 Å². The van der Waals surface area contributed by atoms with Crippen molar-refractivity contribution in [2.75, 3.05) is 0 Å². The molecular formula is C30H32N2O6. The molecule has 0 aliphatic heterocycles. The van der Waals surface area contributed by atoms with Gasteiger partial charge in [0.25, 0.3) is 0 Å². The van der Waals surface area contributed by atoms with Crippen molar-refractivity contribution >= 4 is 23.6 Å². The van der Waals surface area contributed by atoms with Crippen molar-refractivity contribution in [1.82, 2.24) is 5.32 Å². The highest BCUT2D eigenvalue weighted by atomic mass is 16.6. The quantitative estimate of drug-likeness (QED) is 0.275. The summed E-state index contributed by atoms with van der Waals surface area (Å²) >= 11 is 0. The van der Waals surface area contributed by atoms with Crippen molar-refractivity contribution in [3.8, 4) is 11.1 Å². The van der Waals surface area contributed by atoms with Crippen LogP contribution in [0.15, 0.2) is 66.3 Å². The minimum Gasteiger partial charge on any atom is -0.479 e. The summed E-state index contributed by atoms with van der Waals surface area (Å²) in [5, 5.41) is 17.0. The van der Waals surface area contributed by atoms with Gasteiger partial charge in [-0.25, -0.2) is 4.79 Å². The van der Waals surface area contributed by atoms with E-state index in [1.54, 1.807) is 20.8 Å². The van der Waals surface area contributed by atoms with Crippen LogP contribution >= 0.6 is 0 Å². The van der Waals surface area contributed by atoms with E-state index in [-0.39, 0.29) is 25.2 Å². The smallest absolute Gasteiger partial charge is 0.330 e. The van der Waals surface area contributed by atoms with Gasteiger partial charge in [0.2, 0.25) is 5.91 Å². The van der Waals surface area contributed by atoms with Crippen molar-refractivity contribution in [1.29, 1.82) is 0 Å². The zero-order valence-corrected chi connectivity index (χ0v) is 21.8. The number of carbonyl (C=O) groups excluding carboxylic acids is 2. The molecule has 2 aromatic carbocycles. The third-order valence-corrected chi connectivity index (χ3v) is 7.54. The number of benzene rings is 2. The van der Waals surface area contributed by atoms with Crippen LogP contribution in [0.5, 0.6) is 0 Å². The van der Waals surface area contributed by atoms with Gasteiger partial charge < -0.3 is 20.0 Å². The summed E-state index contributed by atoms with van der Waals surface area (Å²) in [4.78, 5) is 44.4. The number of aliphatic carboxylic acids is 1. The molecule has 0 heterocycles. The van der Waals surface area contributed by atoms with Crippen LogP contribution in [0, 0.1) is 17.8 Å². The van der Waals surface area contributed by atoms with E-state index in [1.807, 2.05) is 48.5 Å². The maximum absolute atomic E-state index is 13.4. The molecule has 0 bridgehead atoms. The van der Waals surface area contributed by atoms with Crippen LogP contribution in [0.2, 0.25) is 0 Å². The fourth-order valence-corrected chi connectivity index (χ4v) is 5.55. The second kappa shape index (κ2) is 9.42. The zero-order chi connectivity index (χ0) is 27.2. The molecule has 2 N–H and O–H groups in total. The van der Waals surface area contributed by atoms with E-state index >= 15 is 0 Å². The third-order valence-electron chi connectivity index (χ3n) is 7.54. The minimum atomic E-state index is -1.38. The number of ether oxygens (including phenoxy) is 1. The summed E-state index contributed by atoms with van der Waals surface area (Å²) in [5.74, 6) is -4.06. The highest BCUT2D eigenvalue weighted by Crippen LogP contribution is 2.46. The van der Waals surface area contributed by atoms with Gasteiger partial charge in [0.15, 0.2) is 0 Å². The third kappa shape index (κ3) is 4.59. The first-order valence-corrected chi connectivity index (χ1v) is 12.9. The van der Waals surface area contributed by atoms with Crippen molar-refractivity contribution in [2.45, 2.75) is 57.3 Å². The van der Waals surface area contributed by atoms with Crippen LogP contribution in [0.4, 0.5) is 0 Å². The summed E-state index contributed by atoms with van der Waals surface area (Å²) in [7, 11) is 0. The molecule has 3 aliphatic carbocycles. The Balaban J connectivity index is 1.38. The van der Waals surface area contributed by atoms with E-state index in [9.17, 15) is 19.5 Å². The Bertz CT molecular complexity index is 1290. The second-order valence-electron chi connectivity index (χ2n) is 11.3. The highest BCUT2D eigenvalue weighted by Gasteiger charge is 2.61. The molecule has 2 aromatic rings. The first kappa shape index (κ1) is 25.7. The van der Waals surface area contributed by atoms with Crippen molar-refractivity contribution in [3.05, 3.63) is 72.3 Å². The van der Waals surface area contributed by atoms with Crippen LogP contribution in [-0.2, 0) is 24.0 Å². The maximum Gasteiger partial charge on any atom is 0.330 e. The zero-order valence-electron chi connectivity index (χ0n) is 21.8. The molecule has 198 valence electrons. The molecule has 5 rings (SSSR count). The highest BCUT2D eigenvalue weighted by molar-refractivity contribution is 6.24. The number of amides is 1. The molecule has 8 heteroatoms. The molecule has 0 unspecified atom stereocenters. The maximum atomic E-state index is 13.4. The number of carboxylic acid groups (broad SMARTS) is 1. The molecule has 3 aliphatic rings. The lowest BCUT2D eigenvalue weighted by molar-refractivity contribution is -0.163. The van der Waals surface area contributed by atoms with Crippen LogP contribution in [0.1, 0.15) is 51.2 Å². The summed E-state index contributed by atoms with van der Waals surface area (Å²) in [5.41, 5.74) is 2.64. The predicted molar refractivity (Wildman–Crippen MR) is 141 cm³/mol. The molecule has 8 nitrogen and oxygen atoms in total. The van der Waals surface area contributed by atoms with E-state index in [0.29, 0.717) is 5.71 Å². The van der Waals surface area contributed by atoms with Gasteiger partial charge in [-0.3, -0.25) is 9.59 Å². The van der Waals surface area contributed by atoms with Gasteiger partial charge in [-0.1, -0.05) is 59.8 Å². The number of nitrogens with zero attached hydrogens (tertiary/aromatic N) is 1. The van der Waals surface area contributed by atoms with Crippen molar-refractivity contribution in [3.63, 3.8) is 0 Å². The number of hydrogen-bond acceptors (Lipinski definition) is 6. The van der Waals surface area contributed by atoms with E-state index < -0.39 is 46.9 Å². The number of esters is 1. The topological polar surface area (TPSA) is 114 Å². The Kier molecular flexibility index (Phi) is 6.37. The fourth-order valence-electron chi connectivity index (χ4n) is 5.55. The lowest BCUT2D eigenvalue weighted by Gasteiger charge is -2.25. The number of fused-ring (bicyclic) bond motifs is 3. The normalized spacial score (nSPS) is 27.1. The number of carbonyl (C=O) groups is 3. The van der Waals surface area contributed by atoms with Crippen LogP contribution in [0.3, 0.4) is 0 Å². The van der Waals surface area contributed by atoms with E-state index in [1.165, 1.54) is 6.08 Å². The van der Waals surface area contributed by atoms with Gasteiger partial charge >= 0.3 is 11.9 Å². The number of oxime groups is 1. The first-order chi connectivity index (χ1) is 18.0. The molecule has 2 saturated carbocycles. The Morgan fingerprint density at radius 1 is 1.00 bits per heavy atom. The second-order valence-corrected chi connectivity index (χ2v) is 11.3. The molecule has 5 atom stereocenters. The number of rotatable bonds is 7. The summed E-state index contributed by atoms with van der Waals surface area (Å²) in [6.07, 6.45) is 1.73. The van der Waals surface area contributed by atoms with Gasteiger partial charge in [0, 0.05) is 23.5 Å². The van der Waals surface area contributed by atoms with Crippen molar-refractivity contribution < 1.29 is 29.1 Å². The summed E-state index contributed by atoms with van der Waals surface area (Å²) < 4.78 is 5.61. The number of carboxylic acids is 1. The molecule has 1 amide bonds. The average Bonchev–Trinajstić information content (AvgIpc) is 3.26. The standard InChI is InChI=1S/C30H32N2O6/c1-5-17-16-30(17,28(35)36)31-26(33)23-14-18(15-24(23)27(34)37-29(2,3)4)38-32-25-21-12-8-6-10-19(21)20-11-7-9-13-22(20)25/h5-13,17-18,23-24H,1,14-16H2,2-4H3,(H,31,33)(H,35,36)/t17-,18-,23-,24-,30-/m1/s1. The van der Waals surface area contributed by atoms with Gasteiger partial charge in [0.1, 0.15) is 23.0 Å². The largest absolute Gasteiger partial charge is 0.479 e. The van der Waals surface area contributed by atoms with Crippen molar-refractivity contribution in [2.24, 2.45) is 22.9 Å². The molecule has 0 spiro atoms. The molecular weight excluding hydrogens is 484 g/mol. The van der Waals surface area contributed by atoms with E-state index in [0.717, 1.165) is 22.3 Å². The van der Waals surface area contributed by atoms with Gasteiger partial charge in [-0.15, -0.1) is 6.58 Å². The Morgan fingerprint density at radius 3 is 2.05 bits per heavy atom. The SMILES string of the molecule is C=C[C@@H]1C[C@]1(NC(=O)[C@@H]1C[C@@H](ON=C2c3ccccc3-c3ccccc32)C[C@H]1C(=O)OC(C)(C)C)C(=O)O. The molecule has 2 fully saturated rings. The molecule has 38 heavy (non-hydrogen) atoms. The predicted octanol–water partition coefficient (Wildman–Crippen LogP) is 4.32. The first-order valence-electron chi connectivity index (χ1n) is 12.9. The molecule has 0 saturated heterocycles. The molecule has 0 aromatic heterocycles. The monoisotopic (exact) mass is 516 g/mol. The number of nitrogens with one attached hydrogen (secondary N) is 1. The lowest BCUT2D eigenvalue weighted by atomic mass is 9.94. The van der Waals surface area contributed by atoms with E-state index in [2.05, 4.69) is 17.1 Å². The van der Waals surface area contributed by atoms with Crippen LogP contribution in [-0.4, -0.2) is 45.9 Å². The number of hydrogen-bond donors (Lipinski definition) is 2. The van der Waals surface area contributed by atoms with Gasteiger partial charge in [-0.05, 0) is 44.7 Å². The lowest BCUT2D eigenvalue weighted by Crippen LogP contribution is -2.48. The minimum absolute atomic E-state index is 0.213. The summed E-state index contributed by atoms with van der Waals surface area (Å²) in [6, 6.07) is 15.9. The van der Waals surface area contributed by atoms with Gasteiger partial charge in [0.05, 0.1) is 11.8 Å². The fraction of sp³-hybridized carbons (Fsp3) is 0.400. The Morgan fingerprint density at radius 2 is 1.55 bits per heavy atom. The van der Waals surface area contributed by atoms with E-state index in [4.69, 9.17) is 9.57 Å². The Labute approximate surface area is 221 Å². The average molecular weight is 517 g/mol. The summed E-state index contributed by atoms with van der Waals surface area (Å²) in [6.45, 7) is 8.97. The molecule has 0 radical (unpaired) electrons. The van der Waals surface area contributed by atoms with Crippen LogP contribution in [0.25, 0.3) is 11.1 Å².